The van der Waals surface area contributed by atoms with Gasteiger partial charge in [0.2, 0.25) is 0 Å². The zero-order valence-electron chi connectivity index (χ0n) is 17.5. The average Bonchev–Trinajstić information content (AvgIpc) is 2.61. The van der Waals surface area contributed by atoms with Crippen LogP contribution in [0.2, 0.25) is 0 Å². The Labute approximate surface area is 158 Å². The molecule has 0 saturated carbocycles. The van der Waals surface area contributed by atoms with Crippen LogP contribution in [0.3, 0.4) is 0 Å². The van der Waals surface area contributed by atoms with E-state index in [9.17, 15) is 0 Å². The predicted molar refractivity (Wildman–Crippen MR) is 110 cm³/mol. The van der Waals surface area contributed by atoms with Crippen LogP contribution in [-0.2, 0) is 13.3 Å². The highest BCUT2D eigenvalue weighted by Crippen LogP contribution is 2.21. The van der Waals surface area contributed by atoms with Crippen LogP contribution in [0, 0.1) is 0 Å². The van der Waals surface area contributed by atoms with Gasteiger partial charge in [0.1, 0.15) is 0 Å². The van der Waals surface area contributed by atoms with Crippen molar-refractivity contribution in [3.63, 3.8) is 0 Å². The third kappa shape index (κ3) is 12.1. The van der Waals surface area contributed by atoms with Crippen LogP contribution in [0.15, 0.2) is 0 Å². The van der Waals surface area contributed by atoms with Gasteiger partial charge < -0.3 is 19.0 Å². The second-order valence-electron chi connectivity index (χ2n) is 7.02. The summed E-state index contributed by atoms with van der Waals surface area (Å²) in [6.45, 7) is 10.9. The summed E-state index contributed by atoms with van der Waals surface area (Å²) in [7, 11) is -2.80. The summed E-state index contributed by atoms with van der Waals surface area (Å²) in [4.78, 5) is 0. The number of rotatable bonds is 19. The third-order valence-corrected chi connectivity index (χ3v) is 7.49. The minimum absolute atomic E-state index is 0.0975. The predicted octanol–water partition coefficient (Wildman–Crippen LogP) is 5.60. The summed E-state index contributed by atoms with van der Waals surface area (Å²) in [6.07, 6.45) is 13.6. The van der Waals surface area contributed by atoms with Crippen LogP contribution in [-0.4, -0.2) is 34.3 Å². The van der Waals surface area contributed by atoms with Crippen LogP contribution < -0.4 is 5.73 Å². The van der Waals surface area contributed by atoms with Gasteiger partial charge in [-0.2, -0.15) is 0 Å². The van der Waals surface area contributed by atoms with Crippen molar-refractivity contribution in [3.8, 4) is 0 Å². The van der Waals surface area contributed by atoms with E-state index < -0.39 is 8.80 Å². The van der Waals surface area contributed by atoms with Gasteiger partial charge in [0.15, 0.2) is 0 Å². The molecule has 0 heterocycles. The van der Waals surface area contributed by atoms with Crippen molar-refractivity contribution in [2.75, 3.05) is 19.8 Å². The molecule has 0 fully saturated rings. The molecule has 0 spiro atoms. The Morgan fingerprint density at radius 1 is 0.600 bits per heavy atom. The Hall–Kier alpha value is 0.0569. The first-order valence-electron chi connectivity index (χ1n) is 10.8. The van der Waals surface area contributed by atoms with Gasteiger partial charge in [0.25, 0.3) is 0 Å². The molecule has 0 aliphatic carbocycles. The molecule has 4 nitrogen and oxygen atoms in total. The molecule has 0 aliphatic rings. The number of hydrogen-bond donors (Lipinski definition) is 1. The molecule has 0 radical (unpaired) electrons. The molecule has 0 aromatic carbocycles. The van der Waals surface area contributed by atoms with E-state index in [1.54, 1.807) is 0 Å². The molecule has 0 aromatic heterocycles. The highest BCUT2D eigenvalue weighted by Gasteiger charge is 2.47. The normalized spacial score (nSPS) is 13.3. The summed E-state index contributed by atoms with van der Waals surface area (Å²) in [5.74, 6) is 0. The van der Waals surface area contributed by atoms with Gasteiger partial charge >= 0.3 is 8.80 Å². The molecule has 0 saturated heterocycles. The molecule has 0 bridgehead atoms. The number of unbranched alkanes of at least 4 members (excludes halogenated alkanes) is 7. The highest BCUT2D eigenvalue weighted by molar-refractivity contribution is 6.62. The van der Waals surface area contributed by atoms with Crippen LogP contribution in [0.4, 0.5) is 0 Å². The van der Waals surface area contributed by atoms with E-state index in [-0.39, 0.29) is 5.67 Å². The van der Waals surface area contributed by atoms with E-state index >= 15 is 0 Å². The Morgan fingerprint density at radius 3 is 1.40 bits per heavy atom. The summed E-state index contributed by atoms with van der Waals surface area (Å²) < 4.78 is 18.8. The van der Waals surface area contributed by atoms with Crippen LogP contribution in [0.1, 0.15) is 105 Å². The van der Waals surface area contributed by atoms with Crippen molar-refractivity contribution in [2.24, 2.45) is 5.73 Å². The van der Waals surface area contributed by atoms with Crippen molar-refractivity contribution in [1.82, 2.24) is 0 Å². The van der Waals surface area contributed by atoms with Gasteiger partial charge in [0, 0.05) is 19.8 Å². The molecule has 25 heavy (non-hydrogen) atoms. The molecule has 0 aromatic rings. The third-order valence-electron chi connectivity index (χ3n) is 4.48. The van der Waals surface area contributed by atoms with Crippen molar-refractivity contribution < 1.29 is 13.3 Å². The van der Waals surface area contributed by atoms with E-state index in [0.29, 0.717) is 19.8 Å². The fourth-order valence-corrected chi connectivity index (χ4v) is 5.40. The summed E-state index contributed by atoms with van der Waals surface area (Å²) >= 11 is 0. The maximum absolute atomic E-state index is 6.60. The van der Waals surface area contributed by atoms with Gasteiger partial charge in [-0.3, -0.25) is 0 Å². The molecular weight excluding hydrogens is 330 g/mol. The number of nitrogens with two attached hydrogens (primary N) is 1. The Balaban J connectivity index is 4.77. The van der Waals surface area contributed by atoms with Crippen LogP contribution >= 0.6 is 0 Å². The standard InChI is InChI=1S/C20H45NO3Si/c1-5-9-13-14-15-16-20(21)25(22-17-10-6-2,23-18-11-7-3)24-19-12-8-4/h20H,5-19,21H2,1-4H3. The average molecular weight is 376 g/mol. The lowest BCUT2D eigenvalue weighted by Crippen LogP contribution is -2.60. The molecule has 0 aliphatic heterocycles. The van der Waals surface area contributed by atoms with Gasteiger partial charge in [-0.1, -0.05) is 79.1 Å². The highest BCUT2D eigenvalue weighted by atomic mass is 28.4. The number of hydrogen-bond acceptors (Lipinski definition) is 4. The van der Waals surface area contributed by atoms with Gasteiger partial charge in [-0.25, -0.2) is 0 Å². The lowest BCUT2D eigenvalue weighted by molar-refractivity contribution is 0.0467. The van der Waals surface area contributed by atoms with Crippen molar-refractivity contribution >= 4 is 8.80 Å². The van der Waals surface area contributed by atoms with Crippen molar-refractivity contribution in [3.05, 3.63) is 0 Å². The smallest absolute Gasteiger partial charge is 0.373 e. The Bertz CT molecular complexity index is 253. The van der Waals surface area contributed by atoms with Gasteiger partial charge in [0.05, 0.1) is 5.67 Å². The maximum Gasteiger partial charge on any atom is 0.518 e. The van der Waals surface area contributed by atoms with Gasteiger partial charge in [-0.15, -0.1) is 0 Å². The fourth-order valence-electron chi connectivity index (χ4n) is 2.67. The van der Waals surface area contributed by atoms with Crippen molar-refractivity contribution in [2.45, 2.75) is 110 Å². The SMILES string of the molecule is CCCCCCCC(N)[Si](OCCCC)(OCCCC)OCCCC. The second-order valence-corrected chi connectivity index (χ2v) is 9.83. The van der Waals surface area contributed by atoms with Crippen molar-refractivity contribution in [1.29, 1.82) is 0 Å². The first kappa shape index (κ1) is 25.1. The minimum atomic E-state index is -2.80. The topological polar surface area (TPSA) is 53.7 Å². The minimum Gasteiger partial charge on any atom is -0.373 e. The molecule has 1 unspecified atom stereocenters. The van der Waals surface area contributed by atoms with Crippen LogP contribution in [0.5, 0.6) is 0 Å². The van der Waals surface area contributed by atoms with E-state index in [0.717, 1.165) is 51.4 Å². The maximum atomic E-state index is 6.60. The van der Waals surface area contributed by atoms with E-state index in [1.807, 2.05) is 0 Å². The Morgan fingerprint density at radius 2 is 1.00 bits per heavy atom. The molecule has 5 heteroatoms. The van der Waals surface area contributed by atoms with E-state index in [4.69, 9.17) is 19.0 Å². The largest absolute Gasteiger partial charge is 0.518 e. The molecule has 0 rings (SSSR count). The van der Waals surface area contributed by atoms with E-state index in [2.05, 4.69) is 27.7 Å². The first-order valence-corrected chi connectivity index (χ1v) is 12.6. The molecule has 152 valence electrons. The summed E-state index contributed by atoms with van der Waals surface area (Å²) in [5.41, 5.74) is 6.50. The monoisotopic (exact) mass is 375 g/mol. The van der Waals surface area contributed by atoms with Gasteiger partial charge in [-0.05, 0) is 25.7 Å². The second kappa shape index (κ2) is 17.5. The molecule has 0 amide bonds. The lowest BCUT2D eigenvalue weighted by Gasteiger charge is -2.34. The molecular formula is C20H45NO3Si. The summed E-state index contributed by atoms with van der Waals surface area (Å²) in [5, 5.41) is 0. The lowest BCUT2D eigenvalue weighted by atomic mass is 10.1. The quantitative estimate of drug-likeness (QED) is 0.236. The summed E-state index contributed by atoms with van der Waals surface area (Å²) in [6, 6.07) is 0. The van der Waals surface area contributed by atoms with E-state index in [1.165, 1.54) is 25.7 Å². The zero-order chi connectivity index (χ0) is 18.8. The molecule has 1 atom stereocenters. The molecule has 2 N–H and O–H groups in total. The van der Waals surface area contributed by atoms with Crippen LogP contribution in [0.25, 0.3) is 0 Å². The Kier molecular flexibility index (Phi) is 17.5. The fraction of sp³-hybridized carbons (Fsp3) is 1.00. The first-order chi connectivity index (χ1) is 12.2. The zero-order valence-corrected chi connectivity index (χ0v) is 18.5.